The predicted molar refractivity (Wildman–Crippen MR) is 59.3 cm³/mol. The topological polar surface area (TPSA) is 57.0 Å². The molecule has 0 aliphatic heterocycles. The third-order valence-corrected chi connectivity index (χ3v) is 2.34. The van der Waals surface area contributed by atoms with Gasteiger partial charge >= 0.3 is 5.97 Å². The maximum absolute atomic E-state index is 11.3. The van der Waals surface area contributed by atoms with Gasteiger partial charge in [0, 0.05) is 6.04 Å². The number of aromatic nitrogens is 3. The van der Waals surface area contributed by atoms with Gasteiger partial charge in [0.05, 0.1) is 18.8 Å². The lowest BCUT2D eigenvalue weighted by molar-refractivity contribution is 0.0594. The van der Waals surface area contributed by atoms with E-state index in [1.807, 2.05) is 24.6 Å². The molecule has 0 aliphatic rings. The van der Waals surface area contributed by atoms with Gasteiger partial charge in [0.2, 0.25) is 0 Å². The maximum atomic E-state index is 11.3. The van der Waals surface area contributed by atoms with E-state index in [2.05, 4.69) is 14.8 Å². The molecule has 0 saturated heterocycles. The zero-order valence-electron chi connectivity index (χ0n) is 9.47. The van der Waals surface area contributed by atoms with Crippen LogP contribution in [0.5, 0.6) is 0 Å². The number of esters is 1. The van der Waals surface area contributed by atoms with Gasteiger partial charge in [-0.15, -0.1) is 0 Å². The largest absolute Gasteiger partial charge is 0.464 e. The van der Waals surface area contributed by atoms with Gasteiger partial charge in [0.25, 0.3) is 0 Å². The molecule has 16 heavy (non-hydrogen) atoms. The average Bonchev–Trinajstić information content (AvgIpc) is 2.70. The van der Waals surface area contributed by atoms with Crippen LogP contribution in [0.3, 0.4) is 0 Å². The fourth-order valence-corrected chi connectivity index (χ4v) is 1.57. The van der Waals surface area contributed by atoms with E-state index in [9.17, 15) is 4.79 Å². The number of nitrogens with zero attached hydrogens (tertiary/aromatic N) is 3. The van der Waals surface area contributed by atoms with Crippen molar-refractivity contribution in [1.29, 1.82) is 0 Å². The highest BCUT2D eigenvalue weighted by Crippen LogP contribution is 2.16. The normalized spacial score (nSPS) is 11.0. The Kier molecular flexibility index (Phi) is 2.60. The highest BCUT2D eigenvalue weighted by molar-refractivity contribution is 5.90. The molecule has 0 spiro atoms. The summed E-state index contributed by atoms with van der Waals surface area (Å²) in [5, 5.41) is 4.22. The molecule has 0 atom stereocenters. The van der Waals surface area contributed by atoms with Crippen molar-refractivity contribution >= 4 is 17.0 Å². The molecule has 0 N–H and O–H groups in total. The molecule has 0 amide bonds. The summed E-state index contributed by atoms with van der Waals surface area (Å²) < 4.78 is 6.48. The number of hydrogen-bond donors (Lipinski definition) is 0. The van der Waals surface area contributed by atoms with E-state index in [0.29, 0.717) is 11.2 Å². The molecular weight excluding hydrogens is 206 g/mol. The number of carbonyl (C=O) groups excluding carboxylic acids is 1. The summed E-state index contributed by atoms with van der Waals surface area (Å²) >= 11 is 0. The van der Waals surface area contributed by atoms with Crippen LogP contribution in [0.4, 0.5) is 0 Å². The van der Waals surface area contributed by atoms with Crippen molar-refractivity contribution in [3.8, 4) is 0 Å². The quantitative estimate of drug-likeness (QED) is 0.723. The number of hydrogen-bond acceptors (Lipinski definition) is 4. The first kappa shape index (κ1) is 10.6. The van der Waals surface area contributed by atoms with Crippen LogP contribution >= 0.6 is 0 Å². The van der Waals surface area contributed by atoms with Crippen LogP contribution in [0.25, 0.3) is 11.0 Å². The van der Waals surface area contributed by atoms with Crippen molar-refractivity contribution in [2.45, 2.75) is 19.9 Å². The van der Waals surface area contributed by atoms with Gasteiger partial charge in [-0.1, -0.05) is 0 Å². The molecule has 84 valence electrons. The predicted octanol–water partition coefficient (Wildman–Crippen LogP) is 1.80. The molecule has 0 aromatic carbocycles. The molecule has 0 radical (unpaired) electrons. The van der Waals surface area contributed by atoms with Gasteiger partial charge in [0.1, 0.15) is 11.2 Å². The molecule has 5 nitrogen and oxygen atoms in total. The van der Waals surface area contributed by atoms with Crippen LogP contribution in [0.1, 0.15) is 30.4 Å². The number of ether oxygens (including phenoxy) is 1. The molecule has 0 unspecified atom stereocenters. The standard InChI is InChI=1S/C11H13N3O2/c1-7(2)14-10-5-4-8(11(15)16-3)13-9(10)6-12-14/h4-7H,1-3H3. The lowest BCUT2D eigenvalue weighted by Crippen LogP contribution is -2.05. The summed E-state index contributed by atoms with van der Waals surface area (Å²) in [6.07, 6.45) is 1.65. The zero-order chi connectivity index (χ0) is 11.7. The third-order valence-electron chi connectivity index (χ3n) is 2.34. The van der Waals surface area contributed by atoms with E-state index >= 15 is 0 Å². The van der Waals surface area contributed by atoms with E-state index in [1.54, 1.807) is 12.3 Å². The summed E-state index contributed by atoms with van der Waals surface area (Å²) in [6, 6.07) is 3.75. The monoisotopic (exact) mass is 219 g/mol. The summed E-state index contributed by atoms with van der Waals surface area (Å²) in [4.78, 5) is 15.5. The Hall–Kier alpha value is -1.91. The molecule has 2 heterocycles. The van der Waals surface area contributed by atoms with E-state index in [0.717, 1.165) is 5.52 Å². The van der Waals surface area contributed by atoms with Gasteiger partial charge in [-0.05, 0) is 26.0 Å². The summed E-state index contributed by atoms with van der Waals surface area (Å²) in [5.41, 5.74) is 1.93. The van der Waals surface area contributed by atoms with E-state index < -0.39 is 5.97 Å². The smallest absolute Gasteiger partial charge is 0.356 e. The fourth-order valence-electron chi connectivity index (χ4n) is 1.57. The molecule has 0 saturated carbocycles. The average molecular weight is 219 g/mol. The summed E-state index contributed by atoms with van der Waals surface area (Å²) in [5.74, 6) is -0.431. The Morgan fingerprint density at radius 3 is 2.81 bits per heavy atom. The minimum atomic E-state index is -0.431. The second-order valence-electron chi connectivity index (χ2n) is 3.78. The molecule has 5 heteroatoms. The van der Waals surface area contributed by atoms with Crippen molar-refractivity contribution in [1.82, 2.24) is 14.8 Å². The first-order chi connectivity index (χ1) is 7.63. The van der Waals surface area contributed by atoms with Crippen molar-refractivity contribution in [2.75, 3.05) is 7.11 Å². The minimum Gasteiger partial charge on any atom is -0.464 e. The number of rotatable bonds is 2. The van der Waals surface area contributed by atoms with Crippen LogP contribution in [0.2, 0.25) is 0 Å². The van der Waals surface area contributed by atoms with Crippen molar-refractivity contribution in [3.63, 3.8) is 0 Å². The van der Waals surface area contributed by atoms with Crippen molar-refractivity contribution < 1.29 is 9.53 Å². The first-order valence-electron chi connectivity index (χ1n) is 5.06. The summed E-state index contributed by atoms with van der Waals surface area (Å²) in [7, 11) is 1.34. The second kappa shape index (κ2) is 3.92. The van der Waals surface area contributed by atoms with Crippen molar-refractivity contribution in [2.24, 2.45) is 0 Å². The third kappa shape index (κ3) is 1.64. The van der Waals surface area contributed by atoms with Gasteiger partial charge < -0.3 is 4.74 Å². The number of fused-ring (bicyclic) bond motifs is 1. The van der Waals surface area contributed by atoms with Crippen LogP contribution in [0, 0.1) is 0 Å². The molecule has 0 fully saturated rings. The maximum Gasteiger partial charge on any atom is 0.356 e. The van der Waals surface area contributed by atoms with Crippen LogP contribution in [-0.2, 0) is 4.74 Å². The van der Waals surface area contributed by atoms with Gasteiger partial charge in [-0.3, -0.25) is 4.68 Å². The van der Waals surface area contributed by atoms with E-state index in [-0.39, 0.29) is 6.04 Å². The van der Waals surface area contributed by atoms with Crippen LogP contribution in [0.15, 0.2) is 18.3 Å². The SMILES string of the molecule is COC(=O)c1ccc2c(cnn2C(C)C)n1. The van der Waals surface area contributed by atoms with E-state index in [4.69, 9.17) is 0 Å². The Labute approximate surface area is 93.0 Å². The highest BCUT2D eigenvalue weighted by Gasteiger charge is 2.11. The highest BCUT2D eigenvalue weighted by atomic mass is 16.5. The molecular formula is C11H13N3O2. The lowest BCUT2D eigenvalue weighted by atomic mass is 10.3. The number of carbonyl (C=O) groups is 1. The molecule has 0 aliphatic carbocycles. The number of methoxy groups -OCH3 is 1. The van der Waals surface area contributed by atoms with Crippen molar-refractivity contribution in [3.05, 3.63) is 24.0 Å². The Morgan fingerprint density at radius 1 is 1.44 bits per heavy atom. The minimum absolute atomic E-state index is 0.267. The van der Waals surface area contributed by atoms with Gasteiger partial charge in [0.15, 0.2) is 0 Å². The molecule has 2 aromatic rings. The van der Waals surface area contributed by atoms with Gasteiger partial charge in [-0.25, -0.2) is 9.78 Å². The molecule has 0 bridgehead atoms. The summed E-state index contributed by atoms with van der Waals surface area (Å²) in [6.45, 7) is 4.08. The zero-order valence-corrected chi connectivity index (χ0v) is 9.47. The Bertz CT molecular complexity index is 531. The Balaban J connectivity index is 2.53. The van der Waals surface area contributed by atoms with E-state index in [1.165, 1.54) is 7.11 Å². The number of pyridine rings is 1. The second-order valence-corrected chi connectivity index (χ2v) is 3.78. The molecule has 2 aromatic heterocycles. The van der Waals surface area contributed by atoms with Crippen LogP contribution < -0.4 is 0 Å². The fraction of sp³-hybridized carbons (Fsp3) is 0.364. The molecule has 2 rings (SSSR count). The Morgan fingerprint density at radius 2 is 2.19 bits per heavy atom. The first-order valence-corrected chi connectivity index (χ1v) is 5.06. The lowest BCUT2D eigenvalue weighted by Gasteiger charge is -2.06. The van der Waals surface area contributed by atoms with Crippen LogP contribution in [-0.4, -0.2) is 27.8 Å². The van der Waals surface area contributed by atoms with Gasteiger partial charge in [-0.2, -0.15) is 5.10 Å².